The first-order valence-electron chi connectivity index (χ1n) is 18.9. The summed E-state index contributed by atoms with van der Waals surface area (Å²) < 4.78 is 0. The Kier molecular flexibility index (Phi) is 9.52. The molecule has 8 aromatic carbocycles. The Morgan fingerprint density at radius 3 is 1.41 bits per heavy atom. The first-order valence-corrected chi connectivity index (χ1v) is 18.9. The van der Waals surface area contributed by atoms with E-state index in [1.54, 1.807) is 0 Å². The molecule has 0 radical (unpaired) electrons. The second-order valence-electron chi connectivity index (χ2n) is 14.0. The van der Waals surface area contributed by atoms with Crippen LogP contribution in [0.3, 0.4) is 0 Å². The lowest BCUT2D eigenvalue weighted by atomic mass is 9.90. The van der Waals surface area contributed by atoms with Crippen molar-refractivity contribution in [1.29, 1.82) is 5.41 Å². The van der Waals surface area contributed by atoms with E-state index in [-0.39, 0.29) is 0 Å². The molecule has 0 fully saturated rings. The van der Waals surface area contributed by atoms with Crippen LogP contribution >= 0.6 is 0 Å². The summed E-state index contributed by atoms with van der Waals surface area (Å²) in [6, 6.07) is 76.3. The maximum absolute atomic E-state index is 9.01. The van der Waals surface area contributed by atoms with Crippen LogP contribution in [-0.2, 0) is 0 Å². The van der Waals surface area contributed by atoms with E-state index >= 15 is 0 Å². The second-order valence-corrected chi connectivity index (χ2v) is 14.0. The van der Waals surface area contributed by atoms with E-state index in [0.717, 1.165) is 88.9 Å². The van der Waals surface area contributed by atoms with Gasteiger partial charge in [0, 0.05) is 11.1 Å². The van der Waals surface area contributed by atoms with Crippen molar-refractivity contribution in [2.45, 2.75) is 0 Å². The number of fused-ring (bicyclic) bond motifs is 1. The van der Waals surface area contributed by atoms with Gasteiger partial charge in [0.2, 0.25) is 0 Å². The molecular weight excluding hydrogens is 677 g/mol. The molecule has 0 aliphatic carbocycles. The largest absolute Gasteiger partial charge is 0.300 e. The third-order valence-electron chi connectivity index (χ3n) is 10.3. The number of nitrogens with zero attached hydrogens (tertiary/aromatic N) is 1. The SMILES string of the molecule is N=C(/C=C(/c1ccccc1)c1cccc2ccc(-c3ccc(-c4cccc(-c5cc(-c6ccccc6)nc(-c6ccccc6)c5)c4)cc3)cc12)c1ccccc1. The zero-order valence-corrected chi connectivity index (χ0v) is 30.8. The Morgan fingerprint density at radius 2 is 0.821 bits per heavy atom. The summed E-state index contributed by atoms with van der Waals surface area (Å²) in [6.07, 6.45) is 2.01. The molecule has 1 heterocycles. The lowest BCUT2D eigenvalue weighted by Crippen LogP contribution is -1.98. The highest BCUT2D eigenvalue weighted by Crippen LogP contribution is 2.36. The van der Waals surface area contributed by atoms with Gasteiger partial charge in [0.1, 0.15) is 0 Å². The van der Waals surface area contributed by atoms with E-state index in [1.807, 2.05) is 54.6 Å². The van der Waals surface area contributed by atoms with Crippen LogP contribution in [0.15, 0.2) is 224 Å². The van der Waals surface area contributed by atoms with Crippen LogP contribution in [0.4, 0.5) is 0 Å². The van der Waals surface area contributed by atoms with Gasteiger partial charge in [-0.3, -0.25) is 0 Å². The van der Waals surface area contributed by atoms with Crippen LogP contribution in [-0.4, -0.2) is 10.7 Å². The first-order chi connectivity index (χ1) is 27.7. The minimum absolute atomic E-state index is 0.481. The van der Waals surface area contributed by atoms with Gasteiger partial charge < -0.3 is 5.41 Å². The smallest absolute Gasteiger partial charge is 0.0715 e. The summed E-state index contributed by atoms with van der Waals surface area (Å²) in [5, 5.41) is 11.3. The van der Waals surface area contributed by atoms with Crippen molar-refractivity contribution < 1.29 is 0 Å². The number of hydrogen-bond donors (Lipinski definition) is 1. The monoisotopic (exact) mass is 714 g/mol. The van der Waals surface area contributed by atoms with Gasteiger partial charge in [0.05, 0.1) is 17.1 Å². The Labute approximate surface area is 328 Å². The molecule has 0 unspecified atom stereocenters. The fraction of sp³-hybridized carbons (Fsp3) is 0. The fourth-order valence-electron chi connectivity index (χ4n) is 7.41. The van der Waals surface area contributed by atoms with Crippen molar-refractivity contribution in [3.8, 4) is 55.9 Å². The molecule has 0 spiro atoms. The van der Waals surface area contributed by atoms with Crippen LogP contribution in [0, 0.1) is 5.41 Å². The minimum Gasteiger partial charge on any atom is -0.300 e. The molecule has 0 saturated carbocycles. The van der Waals surface area contributed by atoms with Crippen molar-refractivity contribution in [3.05, 3.63) is 241 Å². The lowest BCUT2D eigenvalue weighted by Gasteiger charge is -2.14. The van der Waals surface area contributed by atoms with E-state index in [4.69, 9.17) is 10.4 Å². The molecule has 0 saturated heterocycles. The highest BCUT2D eigenvalue weighted by molar-refractivity contribution is 6.13. The van der Waals surface area contributed by atoms with Crippen molar-refractivity contribution in [3.63, 3.8) is 0 Å². The number of allylic oxidation sites excluding steroid dienone is 1. The predicted octanol–water partition coefficient (Wildman–Crippen LogP) is 14.1. The third kappa shape index (κ3) is 7.24. The summed E-state index contributed by atoms with van der Waals surface area (Å²) in [5.41, 5.74) is 15.6. The summed E-state index contributed by atoms with van der Waals surface area (Å²) >= 11 is 0. The average molecular weight is 715 g/mol. The number of aromatic nitrogens is 1. The molecule has 0 atom stereocenters. The number of pyridine rings is 1. The van der Waals surface area contributed by atoms with Crippen LogP contribution in [0.1, 0.15) is 16.7 Å². The van der Waals surface area contributed by atoms with Crippen molar-refractivity contribution in [1.82, 2.24) is 4.98 Å². The summed E-state index contributed by atoms with van der Waals surface area (Å²) in [4.78, 5) is 5.08. The van der Waals surface area contributed by atoms with Gasteiger partial charge in [-0.25, -0.2) is 4.98 Å². The second kappa shape index (κ2) is 15.5. The Balaban J connectivity index is 1.06. The van der Waals surface area contributed by atoms with E-state index in [2.05, 4.69) is 170 Å². The van der Waals surface area contributed by atoms with Crippen molar-refractivity contribution in [2.75, 3.05) is 0 Å². The standard InChI is InChI=1S/C54H38N2/c55-52(42-17-7-2-8-18-42)37-51(40-15-5-1-6-16-40)49-26-14-23-41-31-32-47(34-50(41)49)39-29-27-38(28-30-39)45-24-13-25-46(33-45)48-35-53(43-19-9-3-10-20-43)56-54(36-48)44-21-11-4-12-22-44/h1-37,55H/b51-37-,55-52?. The molecule has 2 nitrogen and oxygen atoms in total. The summed E-state index contributed by atoms with van der Waals surface area (Å²) in [7, 11) is 0. The predicted molar refractivity (Wildman–Crippen MR) is 236 cm³/mol. The van der Waals surface area contributed by atoms with Gasteiger partial charge in [-0.2, -0.15) is 0 Å². The number of nitrogens with one attached hydrogen (secondary N) is 1. The molecule has 9 aromatic rings. The molecule has 9 rings (SSSR count). The quantitative estimate of drug-likeness (QED) is 0.149. The minimum atomic E-state index is 0.481. The van der Waals surface area contributed by atoms with Crippen molar-refractivity contribution >= 4 is 22.1 Å². The van der Waals surface area contributed by atoms with Crippen LogP contribution in [0.25, 0.3) is 72.2 Å². The number of rotatable bonds is 9. The van der Waals surface area contributed by atoms with Gasteiger partial charge in [-0.05, 0) is 96.8 Å². The topological polar surface area (TPSA) is 36.7 Å². The maximum atomic E-state index is 9.01. The van der Waals surface area contributed by atoms with Gasteiger partial charge in [0.15, 0.2) is 0 Å². The highest BCUT2D eigenvalue weighted by Gasteiger charge is 2.14. The summed E-state index contributed by atoms with van der Waals surface area (Å²) in [5.74, 6) is 0. The third-order valence-corrected chi connectivity index (χ3v) is 10.3. The van der Waals surface area contributed by atoms with Crippen LogP contribution in [0.2, 0.25) is 0 Å². The fourth-order valence-corrected chi connectivity index (χ4v) is 7.41. The molecule has 0 amide bonds. The maximum Gasteiger partial charge on any atom is 0.0715 e. The zero-order chi connectivity index (χ0) is 37.7. The molecule has 0 bridgehead atoms. The van der Waals surface area contributed by atoms with Gasteiger partial charge in [0.25, 0.3) is 0 Å². The van der Waals surface area contributed by atoms with Gasteiger partial charge in [-0.1, -0.05) is 194 Å². The highest BCUT2D eigenvalue weighted by atomic mass is 14.7. The van der Waals surface area contributed by atoms with Crippen molar-refractivity contribution in [2.24, 2.45) is 0 Å². The number of hydrogen-bond acceptors (Lipinski definition) is 2. The molecule has 2 heteroatoms. The van der Waals surface area contributed by atoms with E-state index in [9.17, 15) is 0 Å². The molecule has 56 heavy (non-hydrogen) atoms. The molecule has 0 aliphatic rings. The van der Waals surface area contributed by atoms with E-state index in [0.29, 0.717) is 5.71 Å². The lowest BCUT2D eigenvalue weighted by molar-refractivity contribution is 1.32. The molecular formula is C54H38N2. The molecule has 1 N–H and O–H groups in total. The first kappa shape index (κ1) is 34.4. The van der Waals surface area contributed by atoms with Crippen LogP contribution < -0.4 is 0 Å². The zero-order valence-electron chi connectivity index (χ0n) is 30.8. The van der Waals surface area contributed by atoms with E-state index in [1.165, 1.54) is 0 Å². The Morgan fingerprint density at radius 1 is 0.357 bits per heavy atom. The molecule has 264 valence electrons. The Bertz CT molecular complexity index is 2770. The Hall–Kier alpha value is -7.42. The van der Waals surface area contributed by atoms with Crippen LogP contribution in [0.5, 0.6) is 0 Å². The average Bonchev–Trinajstić information content (AvgIpc) is 3.29. The summed E-state index contributed by atoms with van der Waals surface area (Å²) in [6.45, 7) is 0. The van der Waals surface area contributed by atoms with E-state index < -0.39 is 0 Å². The normalized spacial score (nSPS) is 11.4. The van der Waals surface area contributed by atoms with Gasteiger partial charge in [-0.15, -0.1) is 0 Å². The molecule has 0 aliphatic heterocycles. The molecule has 1 aromatic heterocycles. The van der Waals surface area contributed by atoms with Gasteiger partial charge >= 0.3 is 0 Å². The number of benzene rings is 8.